The van der Waals surface area contributed by atoms with Gasteiger partial charge in [0.15, 0.2) is 22.8 Å². The van der Waals surface area contributed by atoms with E-state index in [0.29, 0.717) is 6.54 Å². The Bertz CT molecular complexity index is 1320. The van der Waals surface area contributed by atoms with Crippen LogP contribution >= 0.6 is 0 Å². The molecule has 0 saturated carbocycles. The van der Waals surface area contributed by atoms with Crippen LogP contribution in [0.2, 0.25) is 0 Å². The number of benzene rings is 2. The third-order valence-corrected chi connectivity index (χ3v) is 4.72. The summed E-state index contributed by atoms with van der Waals surface area (Å²) in [5.74, 6) is -2.11. The molecule has 0 saturated heterocycles. The van der Waals surface area contributed by atoms with Crippen LogP contribution in [0.1, 0.15) is 25.5 Å². The average molecular weight is 396 g/mol. The van der Waals surface area contributed by atoms with Crippen LogP contribution in [-0.2, 0) is 6.54 Å². The molecule has 4 rings (SSSR count). The Balaban J connectivity index is 2.04. The summed E-state index contributed by atoms with van der Waals surface area (Å²) in [5, 5.41) is 0. The van der Waals surface area contributed by atoms with E-state index in [9.17, 15) is 18.4 Å². The highest BCUT2D eigenvalue weighted by atomic mass is 19.2. The van der Waals surface area contributed by atoms with Crippen molar-refractivity contribution in [2.45, 2.75) is 26.4 Å². The quantitative estimate of drug-likeness (QED) is 0.532. The molecule has 0 radical (unpaired) electrons. The lowest BCUT2D eigenvalue weighted by molar-refractivity contribution is 0.506. The minimum atomic E-state index is -1.09. The monoisotopic (exact) mass is 396 g/mol. The van der Waals surface area contributed by atoms with Gasteiger partial charge in [0.05, 0.1) is 12.0 Å². The topological polar surface area (TPSA) is 61.8 Å². The summed E-state index contributed by atoms with van der Waals surface area (Å²) in [7, 11) is 0. The molecule has 29 heavy (non-hydrogen) atoms. The fraction of sp³-hybridized carbons (Fsp3) is 0.190. The lowest BCUT2D eigenvalue weighted by Crippen LogP contribution is -2.41. The smallest absolute Gasteiger partial charge is 0.320 e. The number of fused-ring (bicyclic) bond motifs is 1. The highest BCUT2D eigenvalue weighted by molar-refractivity contribution is 5.72. The fourth-order valence-corrected chi connectivity index (χ4v) is 3.37. The van der Waals surface area contributed by atoms with E-state index in [1.54, 1.807) is 18.4 Å². The molecule has 0 fully saturated rings. The van der Waals surface area contributed by atoms with Gasteiger partial charge in [-0.1, -0.05) is 30.3 Å². The van der Waals surface area contributed by atoms with E-state index >= 15 is 0 Å². The first-order chi connectivity index (χ1) is 13.9. The van der Waals surface area contributed by atoms with Crippen molar-refractivity contribution < 1.29 is 8.78 Å². The minimum Gasteiger partial charge on any atom is -0.320 e. The van der Waals surface area contributed by atoms with Crippen LogP contribution in [0, 0.1) is 11.6 Å². The molecule has 0 aliphatic heterocycles. The van der Waals surface area contributed by atoms with E-state index in [1.807, 2.05) is 30.3 Å². The highest BCUT2D eigenvalue weighted by Gasteiger charge is 2.21. The molecule has 2 heterocycles. The van der Waals surface area contributed by atoms with Gasteiger partial charge in [-0.3, -0.25) is 9.36 Å². The Morgan fingerprint density at radius 3 is 2.38 bits per heavy atom. The van der Waals surface area contributed by atoms with Crippen molar-refractivity contribution >= 4 is 11.2 Å². The van der Waals surface area contributed by atoms with E-state index in [4.69, 9.17) is 0 Å². The molecule has 0 spiro atoms. The van der Waals surface area contributed by atoms with Crippen LogP contribution in [-0.4, -0.2) is 18.7 Å². The van der Waals surface area contributed by atoms with Crippen molar-refractivity contribution in [1.82, 2.24) is 18.7 Å². The molecule has 8 heteroatoms. The number of hydrogen-bond donors (Lipinski definition) is 0. The predicted octanol–water partition coefficient (Wildman–Crippen LogP) is 3.26. The molecule has 0 bridgehead atoms. The Hall–Kier alpha value is -3.55. The maximum atomic E-state index is 13.8. The number of nitrogens with zero attached hydrogens (tertiary/aromatic N) is 4. The van der Waals surface area contributed by atoms with Crippen molar-refractivity contribution in [3.63, 3.8) is 0 Å². The van der Waals surface area contributed by atoms with Crippen molar-refractivity contribution in [3.05, 3.63) is 92.9 Å². The summed E-state index contributed by atoms with van der Waals surface area (Å²) >= 11 is 0. The van der Waals surface area contributed by atoms with E-state index in [-0.39, 0.29) is 16.9 Å². The molecule has 0 amide bonds. The summed E-state index contributed by atoms with van der Waals surface area (Å²) in [6.45, 7) is 3.80. The lowest BCUT2D eigenvalue weighted by atomic mass is 10.2. The molecular weight excluding hydrogens is 378 g/mol. The number of rotatable bonds is 4. The maximum Gasteiger partial charge on any atom is 0.337 e. The summed E-state index contributed by atoms with van der Waals surface area (Å²) in [6, 6.07) is 12.2. The van der Waals surface area contributed by atoms with Crippen LogP contribution in [0.4, 0.5) is 8.78 Å². The van der Waals surface area contributed by atoms with Crippen molar-refractivity contribution in [2.75, 3.05) is 0 Å². The average Bonchev–Trinajstić information content (AvgIpc) is 3.08. The minimum absolute atomic E-state index is 0.0956. The van der Waals surface area contributed by atoms with Gasteiger partial charge in [-0.15, -0.1) is 0 Å². The molecule has 0 unspecified atom stereocenters. The summed E-state index contributed by atoms with van der Waals surface area (Å²) in [4.78, 5) is 30.5. The normalized spacial score (nSPS) is 11.5. The first-order valence-electron chi connectivity index (χ1n) is 9.10. The standard InChI is InChI=1S/C21H18F2N4O2/c1-13(2)26-20(28)18-19(24-12-25(18)11-14-6-4-3-5-7-14)27(21(26)29)15-8-9-16(22)17(23)10-15/h3-10,12-13H,11H2,1-2H3. The lowest BCUT2D eigenvalue weighted by Gasteiger charge is -2.15. The SMILES string of the molecule is CC(C)n1c(=O)c2c(ncn2Cc2ccccc2)n(-c2ccc(F)c(F)c2)c1=O. The first kappa shape index (κ1) is 18.8. The molecule has 2 aromatic heterocycles. The molecule has 148 valence electrons. The number of halogens is 2. The van der Waals surface area contributed by atoms with Crippen molar-refractivity contribution in [3.8, 4) is 5.69 Å². The van der Waals surface area contributed by atoms with Gasteiger partial charge in [-0.25, -0.2) is 23.1 Å². The molecule has 6 nitrogen and oxygen atoms in total. The zero-order valence-electron chi connectivity index (χ0n) is 15.8. The van der Waals surface area contributed by atoms with Gasteiger partial charge < -0.3 is 4.57 Å². The first-order valence-corrected chi connectivity index (χ1v) is 9.10. The van der Waals surface area contributed by atoms with Crippen LogP contribution in [0.25, 0.3) is 16.9 Å². The van der Waals surface area contributed by atoms with Gasteiger partial charge in [0.2, 0.25) is 0 Å². The van der Waals surface area contributed by atoms with E-state index in [0.717, 1.165) is 26.8 Å². The van der Waals surface area contributed by atoms with Crippen LogP contribution < -0.4 is 11.2 Å². The Kier molecular flexibility index (Phi) is 4.62. The Morgan fingerprint density at radius 1 is 1.00 bits per heavy atom. The van der Waals surface area contributed by atoms with Gasteiger partial charge in [-0.2, -0.15) is 0 Å². The van der Waals surface area contributed by atoms with Crippen LogP contribution in [0.3, 0.4) is 0 Å². The summed E-state index contributed by atoms with van der Waals surface area (Å²) < 4.78 is 31.1. The molecule has 2 aromatic carbocycles. The molecule has 0 aliphatic carbocycles. The van der Waals surface area contributed by atoms with Crippen LogP contribution in [0.15, 0.2) is 64.4 Å². The molecule has 0 N–H and O–H groups in total. The highest BCUT2D eigenvalue weighted by Crippen LogP contribution is 2.17. The zero-order chi connectivity index (χ0) is 20.7. The Labute approximate surface area is 164 Å². The van der Waals surface area contributed by atoms with E-state index < -0.39 is 28.9 Å². The second-order valence-electron chi connectivity index (χ2n) is 7.02. The number of hydrogen-bond acceptors (Lipinski definition) is 3. The molecule has 0 atom stereocenters. The second-order valence-corrected chi connectivity index (χ2v) is 7.02. The van der Waals surface area contributed by atoms with Crippen molar-refractivity contribution in [1.29, 1.82) is 0 Å². The number of aromatic nitrogens is 4. The summed E-state index contributed by atoms with van der Waals surface area (Å²) in [5.41, 5.74) is 0.220. The Morgan fingerprint density at radius 2 is 1.72 bits per heavy atom. The van der Waals surface area contributed by atoms with Gasteiger partial charge in [-0.05, 0) is 31.5 Å². The summed E-state index contributed by atoms with van der Waals surface area (Å²) in [6.07, 6.45) is 1.47. The van der Waals surface area contributed by atoms with Gasteiger partial charge in [0.25, 0.3) is 5.56 Å². The van der Waals surface area contributed by atoms with Gasteiger partial charge >= 0.3 is 5.69 Å². The predicted molar refractivity (Wildman–Crippen MR) is 105 cm³/mol. The molecular formula is C21H18F2N4O2. The third-order valence-electron chi connectivity index (χ3n) is 4.72. The zero-order valence-corrected chi connectivity index (χ0v) is 15.8. The van der Waals surface area contributed by atoms with E-state index in [1.165, 1.54) is 12.4 Å². The molecule has 0 aliphatic rings. The number of imidazole rings is 1. The van der Waals surface area contributed by atoms with Gasteiger partial charge in [0, 0.05) is 18.7 Å². The fourth-order valence-electron chi connectivity index (χ4n) is 3.37. The van der Waals surface area contributed by atoms with Gasteiger partial charge in [0.1, 0.15) is 0 Å². The third kappa shape index (κ3) is 3.16. The molecule has 4 aromatic rings. The largest absolute Gasteiger partial charge is 0.337 e. The van der Waals surface area contributed by atoms with Crippen molar-refractivity contribution in [2.24, 2.45) is 0 Å². The van der Waals surface area contributed by atoms with Crippen LogP contribution in [0.5, 0.6) is 0 Å². The maximum absolute atomic E-state index is 13.8. The van der Waals surface area contributed by atoms with E-state index in [2.05, 4.69) is 4.98 Å². The second kappa shape index (κ2) is 7.12.